The summed E-state index contributed by atoms with van der Waals surface area (Å²) < 4.78 is 10.2. The van der Waals surface area contributed by atoms with Crippen LogP contribution < -0.4 is 10.6 Å². The first kappa shape index (κ1) is 23.0. The number of nitrogens with one attached hydrogen (secondary N) is 3. The molecular formula is C27H35N3O4. The van der Waals surface area contributed by atoms with Crippen LogP contribution in [0.2, 0.25) is 0 Å². The summed E-state index contributed by atoms with van der Waals surface area (Å²) in [6.45, 7) is 4.05. The zero-order valence-electron chi connectivity index (χ0n) is 20.3. The van der Waals surface area contributed by atoms with Crippen molar-refractivity contribution in [3.63, 3.8) is 0 Å². The highest BCUT2D eigenvalue weighted by molar-refractivity contribution is 6.08. The molecule has 1 aromatic carbocycles. The summed E-state index contributed by atoms with van der Waals surface area (Å²) >= 11 is 0. The van der Waals surface area contributed by atoms with Crippen molar-refractivity contribution >= 4 is 23.3 Å². The van der Waals surface area contributed by atoms with Gasteiger partial charge in [-0.1, -0.05) is 12.1 Å². The molecule has 0 spiro atoms. The lowest BCUT2D eigenvalue weighted by atomic mass is 9.53. The van der Waals surface area contributed by atoms with E-state index in [4.69, 9.17) is 9.47 Å². The molecule has 4 saturated carbocycles. The second-order valence-electron chi connectivity index (χ2n) is 10.6. The number of aryl methyl sites for hydroxylation is 1. The van der Waals surface area contributed by atoms with Crippen LogP contribution in [0.5, 0.6) is 0 Å². The first-order valence-electron chi connectivity index (χ1n) is 12.4. The van der Waals surface area contributed by atoms with Gasteiger partial charge in [-0.2, -0.15) is 0 Å². The standard InChI is InChI=1S/C27H35N3O4/c1-16-23(26(32)34-9-8-33-3)17(2)28-24(16)25(31)29-21-6-4-5-7-22(21)30-27-13-18-10-19(14-27)12-20(11-18)15-27/h4-7,18-20,28,30H,8-15H2,1-3H3,(H,29,31). The van der Waals surface area contributed by atoms with Crippen molar-refractivity contribution in [1.29, 1.82) is 0 Å². The summed E-state index contributed by atoms with van der Waals surface area (Å²) in [6, 6.07) is 7.94. The summed E-state index contributed by atoms with van der Waals surface area (Å²) in [7, 11) is 1.55. The molecule has 182 valence electrons. The molecule has 0 unspecified atom stereocenters. The van der Waals surface area contributed by atoms with E-state index in [9.17, 15) is 9.59 Å². The fourth-order valence-electron chi connectivity index (χ4n) is 7.01. The topological polar surface area (TPSA) is 92.5 Å². The number of ether oxygens (including phenoxy) is 2. The minimum absolute atomic E-state index is 0.146. The molecule has 0 saturated heterocycles. The number of anilines is 2. The largest absolute Gasteiger partial charge is 0.460 e. The monoisotopic (exact) mass is 465 g/mol. The molecule has 3 N–H and O–H groups in total. The Morgan fingerprint density at radius 1 is 1.00 bits per heavy atom. The van der Waals surface area contributed by atoms with Gasteiger partial charge in [0.25, 0.3) is 5.91 Å². The molecule has 2 aromatic rings. The number of para-hydroxylation sites is 2. The zero-order chi connectivity index (χ0) is 23.9. The quantitative estimate of drug-likeness (QED) is 0.374. The van der Waals surface area contributed by atoms with Gasteiger partial charge < -0.3 is 25.1 Å². The van der Waals surface area contributed by atoms with Gasteiger partial charge in [-0.05, 0) is 87.8 Å². The van der Waals surface area contributed by atoms with E-state index in [1.807, 2.05) is 18.2 Å². The third-order valence-corrected chi connectivity index (χ3v) is 8.00. The number of rotatable bonds is 8. The van der Waals surface area contributed by atoms with Crippen molar-refractivity contribution in [2.45, 2.75) is 57.9 Å². The van der Waals surface area contributed by atoms with Gasteiger partial charge in [-0.3, -0.25) is 4.79 Å². The van der Waals surface area contributed by atoms with Crippen LogP contribution in [0.1, 0.15) is 70.6 Å². The van der Waals surface area contributed by atoms with Crippen molar-refractivity contribution in [2.75, 3.05) is 31.0 Å². The summed E-state index contributed by atoms with van der Waals surface area (Å²) in [4.78, 5) is 28.9. The fraction of sp³-hybridized carbons (Fsp3) is 0.556. The molecule has 1 amide bonds. The average molecular weight is 466 g/mol. The van der Waals surface area contributed by atoms with E-state index < -0.39 is 5.97 Å². The van der Waals surface area contributed by atoms with Crippen molar-refractivity contribution in [2.24, 2.45) is 17.8 Å². The van der Waals surface area contributed by atoms with E-state index in [-0.39, 0.29) is 18.1 Å². The summed E-state index contributed by atoms with van der Waals surface area (Å²) in [5, 5.41) is 6.96. The van der Waals surface area contributed by atoms with E-state index in [0.29, 0.717) is 29.1 Å². The van der Waals surface area contributed by atoms with Gasteiger partial charge in [0.15, 0.2) is 0 Å². The van der Waals surface area contributed by atoms with Gasteiger partial charge in [0, 0.05) is 18.3 Å². The number of hydrogen-bond donors (Lipinski definition) is 3. The number of aromatic nitrogens is 1. The molecule has 4 fully saturated rings. The van der Waals surface area contributed by atoms with Crippen LogP contribution in [0.15, 0.2) is 24.3 Å². The number of amides is 1. The predicted molar refractivity (Wildman–Crippen MR) is 131 cm³/mol. The molecule has 6 rings (SSSR count). The molecule has 7 heteroatoms. The second kappa shape index (κ2) is 9.10. The third-order valence-electron chi connectivity index (χ3n) is 8.00. The lowest BCUT2D eigenvalue weighted by Crippen LogP contribution is -2.54. The maximum Gasteiger partial charge on any atom is 0.340 e. The molecule has 4 bridgehead atoms. The number of hydrogen-bond acceptors (Lipinski definition) is 5. The molecular weight excluding hydrogens is 430 g/mol. The Balaban J connectivity index is 1.33. The molecule has 4 aliphatic carbocycles. The lowest BCUT2D eigenvalue weighted by Gasteiger charge is -2.57. The van der Waals surface area contributed by atoms with Crippen molar-refractivity contribution in [1.82, 2.24) is 4.98 Å². The maximum absolute atomic E-state index is 13.3. The minimum Gasteiger partial charge on any atom is -0.460 e. The molecule has 0 radical (unpaired) electrons. The van der Waals surface area contributed by atoms with E-state index >= 15 is 0 Å². The Hall–Kier alpha value is -2.80. The van der Waals surface area contributed by atoms with Gasteiger partial charge in [-0.25, -0.2) is 4.79 Å². The van der Waals surface area contributed by atoms with E-state index in [1.54, 1.807) is 21.0 Å². The molecule has 0 aliphatic heterocycles. The Kier molecular flexibility index (Phi) is 6.15. The minimum atomic E-state index is -0.453. The average Bonchev–Trinajstić information content (AvgIpc) is 3.08. The summed E-state index contributed by atoms with van der Waals surface area (Å²) in [5.41, 5.74) is 3.86. The number of methoxy groups -OCH3 is 1. The van der Waals surface area contributed by atoms with Crippen LogP contribution in [0.3, 0.4) is 0 Å². The maximum atomic E-state index is 13.3. The smallest absolute Gasteiger partial charge is 0.340 e. The van der Waals surface area contributed by atoms with Crippen LogP contribution in [0.25, 0.3) is 0 Å². The number of benzene rings is 1. The zero-order valence-corrected chi connectivity index (χ0v) is 20.3. The highest BCUT2D eigenvalue weighted by Crippen LogP contribution is 2.56. The van der Waals surface area contributed by atoms with E-state index in [1.165, 1.54) is 38.5 Å². The number of esters is 1. The van der Waals surface area contributed by atoms with Crippen LogP contribution in [-0.2, 0) is 9.47 Å². The SMILES string of the molecule is COCCOC(=O)c1c(C)[nH]c(C(=O)Nc2ccccc2NC23CC4CC(CC(C4)C2)C3)c1C. The van der Waals surface area contributed by atoms with Gasteiger partial charge in [-0.15, -0.1) is 0 Å². The highest BCUT2D eigenvalue weighted by atomic mass is 16.6. The van der Waals surface area contributed by atoms with Crippen molar-refractivity contribution in [3.05, 3.63) is 46.8 Å². The summed E-state index contributed by atoms with van der Waals surface area (Å²) in [5.74, 6) is 1.80. The molecule has 0 atom stereocenters. The second-order valence-corrected chi connectivity index (χ2v) is 10.6. The predicted octanol–water partition coefficient (Wildman–Crippen LogP) is 5.07. The Morgan fingerprint density at radius 2 is 1.62 bits per heavy atom. The summed E-state index contributed by atoms with van der Waals surface area (Å²) in [6.07, 6.45) is 7.85. The van der Waals surface area contributed by atoms with E-state index in [2.05, 4.69) is 21.7 Å². The van der Waals surface area contributed by atoms with Crippen LogP contribution in [0, 0.1) is 31.6 Å². The molecule has 1 aromatic heterocycles. The highest BCUT2D eigenvalue weighted by Gasteiger charge is 2.51. The first-order chi connectivity index (χ1) is 16.4. The Morgan fingerprint density at radius 3 is 2.24 bits per heavy atom. The third kappa shape index (κ3) is 4.33. The molecule has 7 nitrogen and oxygen atoms in total. The Bertz CT molecular complexity index is 1050. The normalized spacial score (nSPS) is 27.0. The lowest BCUT2D eigenvalue weighted by molar-refractivity contribution is 0.0107. The van der Waals surface area contributed by atoms with Gasteiger partial charge >= 0.3 is 5.97 Å². The number of carbonyl (C=O) groups is 2. The van der Waals surface area contributed by atoms with Crippen LogP contribution >= 0.6 is 0 Å². The molecule has 34 heavy (non-hydrogen) atoms. The van der Waals surface area contributed by atoms with E-state index in [0.717, 1.165) is 29.1 Å². The molecule has 4 aliphatic rings. The van der Waals surface area contributed by atoms with Crippen LogP contribution in [-0.4, -0.2) is 42.7 Å². The van der Waals surface area contributed by atoms with Gasteiger partial charge in [0.1, 0.15) is 12.3 Å². The van der Waals surface area contributed by atoms with Crippen molar-refractivity contribution < 1.29 is 19.1 Å². The number of carbonyl (C=O) groups excluding carboxylic acids is 2. The van der Waals surface area contributed by atoms with Crippen molar-refractivity contribution in [3.8, 4) is 0 Å². The first-order valence-corrected chi connectivity index (χ1v) is 12.4. The number of aromatic amines is 1. The van der Waals surface area contributed by atoms with Gasteiger partial charge in [0.05, 0.1) is 23.5 Å². The molecule has 1 heterocycles. The number of H-pyrrole nitrogens is 1. The van der Waals surface area contributed by atoms with Crippen LogP contribution in [0.4, 0.5) is 11.4 Å². The van der Waals surface area contributed by atoms with Gasteiger partial charge in [0.2, 0.25) is 0 Å². The fourth-order valence-corrected chi connectivity index (χ4v) is 7.01. The Labute approximate surface area is 201 Å².